The molecule has 0 aromatic rings. The second-order valence-corrected chi connectivity index (χ2v) is 4.44. The van der Waals surface area contributed by atoms with Crippen molar-refractivity contribution in [3.8, 4) is 0 Å². The summed E-state index contributed by atoms with van der Waals surface area (Å²) in [5.41, 5.74) is 0. The van der Waals surface area contributed by atoms with Crippen LogP contribution in [0.4, 0.5) is 0 Å². The molecule has 0 aliphatic heterocycles. The first-order valence-electron chi connectivity index (χ1n) is 3.41. The third-order valence-corrected chi connectivity index (χ3v) is 3.24. The highest BCUT2D eigenvalue weighted by Crippen LogP contribution is 2.50. The van der Waals surface area contributed by atoms with Crippen LogP contribution in [0, 0.1) is 0 Å². The van der Waals surface area contributed by atoms with E-state index in [4.69, 9.17) is 4.89 Å². The molecule has 0 bridgehead atoms. The molecule has 0 fully saturated rings. The van der Waals surface area contributed by atoms with Crippen molar-refractivity contribution in [3.63, 3.8) is 0 Å². The van der Waals surface area contributed by atoms with Crippen LogP contribution >= 0.6 is 44.9 Å². The van der Waals surface area contributed by atoms with Gasteiger partial charge in [0.15, 0.2) is 24.6 Å². The van der Waals surface area contributed by atoms with Crippen LogP contribution in [-0.4, -0.2) is 18.1 Å². The van der Waals surface area contributed by atoms with Crippen LogP contribution in [0.2, 0.25) is 0 Å². The summed E-state index contributed by atoms with van der Waals surface area (Å²) in [7, 11) is -4.08. The molecule has 0 rings (SSSR count). The molecule has 0 aliphatic rings. The number of halogens is 1. The van der Waals surface area contributed by atoms with Gasteiger partial charge in [-0.2, -0.15) is 7.94 Å². The normalized spacial score (nSPS) is 11.1. The van der Waals surface area contributed by atoms with Gasteiger partial charge in [0.05, 0.1) is 13.2 Å². The molecule has 0 atom stereocenters. The van der Waals surface area contributed by atoms with Crippen molar-refractivity contribution in [2.75, 3.05) is 13.2 Å². The molecule has 0 spiro atoms. The topological polar surface area (TPSA) is 74.2 Å². The molecule has 88 valence electrons. The number of hydrogen-bond donors (Lipinski definition) is 1. The van der Waals surface area contributed by atoms with Gasteiger partial charge in [-0.05, 0) is 13.8 Å². The molecule has 0 aliphatic carbocycles. The molecule has 0 radical (unpaired) electrons. The smallest absolute Gasteiger partial charge is 0.301 e. The summed E-state index contributed by atoms with van der Waals surface area (Å²) < 4.78 is 28.7. The molecule has 14 heavy (non-hydrogen) atoms. The van der Waals surface area contributed by atoms with E-state index >= 15 is 0 Å². The van der Waals surface area contributed by atoms with E-state index in [9.17, 15) is 4.57 Å². The van der Waals surface area contributed by atoms with Crippen molar-refractivity contribution in [3.05, 3.63) is 0 Å². The van der Waals surface area contributed by atoms with Gasteiger partial charge in [-0.25, -0.2) is 4.57 Å². The van der Waals surface area contributed by atoms with Crippen molar-refractivity contribution in [1.29, 1.82) is 0 Å². The van der Waals surface area contributed by atoms with Crippen molar-refractivity contribution >= 4 is 44.9 Å². The lowest BCUT2D eigenvalue weighted by atomic mass is 10.9. The Kier molecular flexibility index (Phi) is 13.1. The van der Waals surface area contributed by atoms with Crippen molar-refractivity contribution in [2.45, 2.75) is 13.8 Å². The maximum absolute atomic E-state index is 10.9. The first-order valence-corrected chi connectivity index (χ1v) is 6.23. The first-order chi connectivity index (χ1) is 6.12. The average molecular weight is 287 g/mol. The number of hydrogen-bond acceptors (Lipinski definition) is 7. The molecule has 10 heteroatoms. The summed E-state index contributed by atoms with van der Waals surface area (Å²) in [6, 6.07) is 0. The standard InChI is InChI=1S/C4H11O6PS2.ClH/c1-3-7-12-9-11(5,6)10-13-8-4-2;/h3-4H2,1-2H3,(H,5,6);1H. The van der Waals surface area contributed by atoms with E-state index in [0.717, 1.165) is 0 Å². The monoisotopic (exact) mass is 286 g/mol. The van der Waals surface area contributed by atoms with Crippen LogP contribution in [0.25, 0.3) is 0 Å². The van der Waals surface area contributed by atoms with Crippen molar-refractivity contribution in [1.82, 2.24) is 0 Å². The molecule has 0 aromatic carbocycles. The minimum absolute atomic E-state index is 0. The second-order valence-electron chi connectivity index (χ2n) is 1.57. The van der Waals surface area contributed by atoms with E-state index in [1.54, 1.807) is 13.8 Å². The van der Waals surface area contributed by atoms with Gasteiger partial charge in [-0.15, -0.1) is 12.4 Å². The van der Waals surface area contributed by atoms with Crippen molar-refractivity contribution < 1.29 is 25.8 Å². The van der Waals surface area contributed by atoms with Gasteiger partial charge in [0.25, 0.3) is 0 Å². The molecular weight excluding hydrogens is 275 g/mol. The van der Waals surface area contributed by atoms with E-state index in [1.807, 2.05) is 0 Å². The Morgan fingerprint density at radius 3 is 1.79 bits per heavy atom. The Bertz CT molecular complexity index is 158. The van der Waals surface area contributed by atoms with E-state index in [1.165, 1.54) is 0 Å². The van der Waals surface area contributed by atoms with Crippen LogP contribution in [0.1, 0.15) is 13.8 Å². The summed E-state index contributed by atoms with van der Waals surface area (Å²) >= 11 is 0.822. The SMILES string of the molecule is CCOSOP(=O)(O)OSOCC.Cl. The maximum atomic E-state index is 10.9. The first kappa shape index (κ1) is 17.4. The molecule has 0 amide bonds. The molecule has 0 heterocycles. The van der Waals surface area contributed by atoms with E-state index in [-0.39, 0.29) is 12.4 Å². The second kappa shape index (κ2) is 10.5. The zero-order valence-electron chi connectivity index (χ0n) is 7.57. The predicted octanol–water partition coefficient (Wildman–Crippen LogP) is 2.74. The average Bonchev–Trinajstić information content (AvgIpc) is 2.05. The Morgan fingerprint density at radius 1 is 1.14 bits per heavy atom. The Hall–Kier alpha value is 1.02. The third kappa shape index (κ3) is 11.1. The van der Waals surface area contributed by atoms with Gasteiger partial charge in [0.2, 0.25) is 0 Å². The highest BCUT2D eigenvalue weighted by atomic mass is 35.5. The molecule has 0 aromatic heterocycles. The lowest BCUT2D eigenvalue weighted by molar-refractivity contribution is 0.283. The summed E-state index contributed by atoms with van der Waals surface area (Å²) in [6.07, 6.45) is 0. The lowest BCUT2D eigenvalue weighted by Crippen LogP contribution is -1.86. The zero-order valence-corrected chi connectivity index (χ0v) is 10.9. The van der Waals surface area contributed by atoms with Gasteiger partial charge < -0.3 is 4.89 Å². The van der Waals surface area contributed by atoms with Crippen LogP contribution < -0.4 is 0 Å². The van der Waals surface area contributed by atoms with E-state index in [2.05, 4.69) is 16.3 Å². The fourth-order valence-electron chi connectivity index (χ4n) is 0.229. The van der Waals surface area contributed by atoms with Gasteiger partial charge >= 0.3 is 7.82 Å². The predicted molar refractivity (Wildman–Crippen MR) is 57.7 cm³/mol. The minimum atomic E-state index is -4.08. The molecule has 0 saturated carbocycles. The fourth-order valence-corrected chi connectivity index (χ4v) is 1.70. The fraction of sp³-hybridized carbons (Fsp3) is 1.00. The van der Waals surface area contributed by atoms with Crippen LogP contribution in [0.15, 0.2) is 0 Å². The number of phosphoric acid groups is 1. The third-order valence-electron chi connectivity index (χ3n) is 0.581. The Balaban J connectivity index is 0. The van der Waals surface area contributed by atoms with E-state index in [0.29, 0.717) is 37.9 Å². The minimum Gasteiger partial charge on any atom is -0.301 e. The Labute approximate surface area is 97.9 Å². The van der Waals surface area contributed by atoms with Gasteiger partial charge in [0, 0.05) is 0 Å². The summed E-state index contributed by atoms with van der Waals surface area (Å²) in [5, 5.41) is 0. The lowest BCUT2D eigenvalue weighted by Gasteiger charge is -2.07. The highest BCUT2D eigenvalue weighted by Gasteiger charge is 2.23. The zero-order chi connectivity index (χ0) is 10.2. The maximum Gasteiger partial charge on any atom is 0.498 e. The van der Waals surface area contributed by atoms with Crippen molar-refractivity contribution in [2.24, 2.45) is 0 Å². The molecular formula is C4H12ClO6PS2. The number of rotatable bonds is 8. The summed E-state index contributed by atoms with van der Waals surface area (Å²) in [4.78, 5) is 8.88. The van der Waals surface area contributed by atoms with Gasteiger partial charge in [0.1, 0.15) is 0 Å². The molecule has 0 unspecified atom stereocenters. The summed E-state index contributed by atoms with van der Waals surface area (Å²) in [6.45, 7) is 4.16. The Morgan fingerprint density at radius 2 is 1.50 bits per heavy atom. The molecule has 6 nitrogen and oxygen atoms in total. The quantitative estimate of drug-likeness (QED) is 0.415. The van der Waals surface area contributed by atoms with Gasteiger partial charge in [-0.3, -0.25) is 8.37 Å². The highest BCUT2D eigenvalue weighted by molar-refractivity contribution is 7.97. The van der Waals surface area contributed by atoms with Crippen LogP contribution in [-0.2, 0) is 20.9 Å². The van der Waals surface area contributed by atoms with Gasteiger partial charge in [-0.1, -0.05) is 0 Å². The molecule has 0 saturated heterocycles. The molecule has 1 N–H and O–H groups in total. The van der Waals surface area contributed by atoms with Crippen LogP contribution in [0.5, 0.6) is 0 Å². The van der Waals surface area contributed by atoms with Crippen LogP contribution in [0.3, 0.4) is 0 Å². The van der Waals surface area contributed by atoms with E-state index < -0.39 is 7.82 Å². The summed E-state index contributed by atoms with van der Waals surface area (Å²) in [5.74, 6) is 0. The largest absolute Gasteiger partial charge is 0.498 e.